The zero-order valence-electron chi connectivity index (χ0n) is 22.0. The van der Waals surface area contributed by atoms with E-state index >= 15 is 0 Å². The summed E-state index contributed by atoms with van der Waals surface area (Å²) < 4.78 is 39.3. The van der Waals surface area contributed by atoms with Crippen molar-refractivity contribution in [2.45, 2.75) is 31.0 Å². The number of carbonyl (C=O) groups is 1. The Morgan fingerprint density at radius 1 is 1.22 bits per heavy atom. The van der Waals surface area contributed by atoms with Gasteiger partial charge in [0.05, 0.1) is 6.61 Å². The Morgan fingerprint density at radius 3 is 2.71 bits per heavy atom. The summed E-state index contributed by atoms with van der Waals surface area (Å²) in [5.41, 5.74) is 14.2. The molecule has 12 heteroatoms. The summed E-state index contributed by atoms with van der Waals surface area (Å²) in [4.78, 5) is 21.4. The smallest absolute Gasteiger partial charge is 0.266 e. The SMILES string of the molecule is C=CC[C@]1(C(=O)NNCc2ccc(F)cc2F)N=C(c2ccc(OCCCO)cc2)O[C@H]1c1ccccc1N=[N+]=[N-]. The van der Waals surface area contributed by atoms with E-state index in [0.717, 1.165) is 12.1 Å². The number of nitrogens with zero attached hydrogens (tertiary/aromatic N) is 4. The van der Waals surface area contributed by atoms with Crippen LogP contribution in [0.2, 0.25) is 0 Å². The molecule has 212 valence electrons. The van der Waals surface area contributed by atoms with E-state index in [1.165, 1.54) is 12.1 Å². The lowest BCUT2D eigenvalue weighted by atomic mass is 9.84. The van der Waals surface area contributed by atoms with Gasteiger partial charge in [-0.05, 0) is 35.9 Å². The molecule has 2 atom stereocenters. The van der Waals surface area contributed by atoms with Crippen LogP contribution < -0.4 is 15.6 Å². The minimum atomic E-state index is -1.59. The Kier molecular flexibility index (Phi) is 9.64. The van der Waals surface area contributed by atoms with Crippen LogP contribution in [0.1, 0.15) is 35.6 Å². The number of carbonyl (C=O) groups excluding carboxylic acids is 1. The van der Waals surface area contributed by atoms with Crippen molar-refractivity contribution in [2.75, 3.05) is 13.2 Å². The predicted octanol–water partition coefficient (Wildman–Crippen LogP) is 5.32. The number of benzene rings is 3. The van der Waals surface area contributed by atoms with Crippen LogP contribution in [-0.2, 0) is 16.1 Å². The van der Waals surface area contributed by atoms with Crippen molar-refractivity contribution in [3.8, 4) is 5.75 Å². The standard InChI is InChI=1S/C29H28F2N6O4/c1-2-14-29(28(39)36-33-18-20-8-11-21(30)17-24(20)31)26(23-6-3-4-7-25(23)35-37-32)41-27(34-29)19-9-12-22(13-10-19)40-16-5-15-38/h2-4,6-13,17,26,33,38H,1,5,14-16,18H2,(H,36,39)/t26-,29-/m0/s1. The van der Waals surface area contributed by atoms with Gasteiger partial charge in [0.1, 0.15) is 17.4 Å². The van der Waals surface area contributed by atoms with Crippen molar-refractivity contribution in [3.05, 3.63) is 118 Å². The van der Waals surface area contributed by atoms with Gasteiger partial charge >= 0.3 is 0 Å². The van der Waals surface area contributed by atoms with Crippen molar-refractivity contribution in [3.63, 3.8) is 0 Å². The first-order valence-corrected chi connectivity index (χ1v) is 12.7. The third kappa shape index (κ3) is 6.69. The maximum Gasteiger partial charge on any atom is 0.266 e. The number of hydrazine groups is 1. The summed E-state index contributed by atoms with van der Waals surface area (Å²) in [5.74, 6) is -1.34. The number of amides is 1. The quantitative estimate of drug-likeness (QED) is 0.0646. The van der Waals surface area contributed by atoms with E-state index in [-0.39, 0.29) is 36.7 Å². The lowest BCUT2D eigenvalue weighted by Gasteiger charge is -2.30. The van der Waals surface area contributed by atoms with Crippen LogP contribution in [0, 0.1) is 11.6 Å². The highest BCUT2D eigenvalue weighted by molar-refractivity contribution is 6.01. The molecule has 1 aliphatic rings. The predicted molar refractivity (Wildman–Crippen MR) is 148 cm³/mol. The number of ether oxygens (including phenoxy) is 2. The zero-order chi connectivity index (χ0) is 29.2. The second kappa shape index (κ2) is 13.5. The summed E-state index contributed by atoms with van der Waals surface area (Å²) in [6.45, 7) is 4.04. The highest BCUT2D eigenvalue weighted by Crippen LogP contribution is 2.45. The molecule has 1 aliphatic heterocycles. The molecule has 0 aromatic heterocycles. The van der Waals surface area contributed by atoms with E-state index in [1.807, 2.05) is 0 Å². The van der Waals surface area contributed by atoms with Crippen molar-refractivity contribution in [1.29, 1.82) is 0 Å². The van der Waals surface area contributed by atoms with Crippen LogP contribution in [0.4, 0.5) is 14.5 Å². The summed E-state index contributed by atoms with van der Waals surface area (Å²) in [6.07, 6.45) is 1.02. The highest BCUT2D eigenvalue weighted by atomic mass is 19.1. The summed E-state index contributed by atoms with van der Waals surface area (Å²) in [7, 11) is 0. The molecule has 3 aromatic rings. The van der Waals surface area contributed by atoms with Crippen molar-refractivity contribution < 1.29 is 28.2 Å². The molecular formula is C29H28F2N6O4. The number of rotatable bonds is 13. The molecule has 0 radical (unpaired) electrons. The number of hydrogen-bond acceptors (Lipinski definition) is 7. The van der Waals surface area contributed by atoms with Crippen LogP contribution in [0.25, 0.3) is 10.4 Å². The topological polar surface area (TPSA) is 141 Å². The van der Waals surface area contributed by atoms with Gasteiger partial charge in [0.15, 0.2) is 11.6 Å². The molecule has 0 fully saturated rings. The van der Waals surface area contributed by atoms with E-state index in [9.17, 15) is 13.6 Å². The van der Waals surface area contributed by atoms with Gasteiger partial charge in [-0.3, -0.25) is 10.2 Å². The maximum absolute atomic E-state index is 14.1. The summed E-state index contributed by atoms with van der Waals surface area (Å²) in [6, 6.07) is 16.7. The first kappa shape index (κ1) is 29.2. The van der Waals surface area contributed by atoms with Gasteiger partial charge in [0, 0.05) is 59.3 Å². The molecule has 0 spiro atoms. The third-order valence-electron chi connectivity index (χ3n) is 6.35. The molecule has 4 rings (SSSR count). The van der Waals surface area contributed by atoms with E-state index in [4.69, 9.17) is 25.1 Å². The average molecular weight is 563 g/mol. The number of aliphatic hydroxyl groups is 1. The molecule has 0 saturated carbocycles. The number of aliphatic hydroxyl groups excluding tert-OH is 1. The molecule has 41 heavy (non-hydrogen) atoms. The largest absolute Gasteiger partial charge is 0.494 e. The number of nitrogens with one attached hydrogen (secondary N) is 2. The summed E-state index contributed by atoms with van der Waals surface area (Å²) in [5, 5.41) is 12.7. The van der Waals surface area contributed by atoms with Crippen LogP contribution in [0.15, 0.2) is 89.5 Å². The van der Waals surface area contributed by atoms with Crippen LogP contribution >= 0.6 is 0 Å². The first-order chi connectivity index (χ1) is 19.9. The van der Waals surface area contributed by atoms with Crippen molar-refractivity contribution in [2.24, 2.45) is 10.1 Å². The van der Waals surface area contributed by atoms with Gasteiger partial charge in [0.25, 0.3) is 5.91 Å². The first-order valence-electron chi connectivity index (χ1n) is 12.7. The second-order valence-corrected chi connectivity index (χ2v) is 9.07. The zero-order valence-corrected chi connectivity index (χ0v) is 22.0. The normalized spacial score (nSPS) is 17.6. The van der Waals surface area contributed by atoms with Gasteiger partial charge < -0.3 is 14.6 Å². The number of azide groups is 1. The third-order valence-corrected chi connectivity index (χ3v) is 6.35. The Morgan fingerprint density at radius 2 is 2.00 bits per heavy atom. The van der Waals surface area contributed by atoms with Gasteiger partial charge in [-0.15, -0.1) is 6.58 Å². The van der Waals surface area contributed by atoms with Gasteiger partial charge in [-0.2, -0.15) is 0 Å². The Hall–Kier alpha value is -4.77. The molecule has 1 amide bonds. The molecule has 3 aromatic carbocycles. The molecule has 10 nitrogen and oxygen atoms in total. The number of halogens is 2. The Labute approximate surface area is 234 Å². The fraction of sp³-hybridized carbons (Fsp3) is 0.241. The van der Waals surface area contributed by atoms with Gasteiger partial charge in [-0.1, -0.05) is 41.5 Å². The van der Waals surface area contributed by atoms with Gasteiger partial charge in [0.2, 0.25) is 5.90 Å². The van der Waals surface area contributed by atoms with E-state index in [1.54, 1.807) is 48.5 Å². The lowest BCUT2D eigenvalue weighted by molar-refractivity contribution is -0.129. The van der Waals surface area contributed by atoms with Crippen LogP contribution in [0.3, 0.4) is 0 Å². The second-order valence-electron chi connectivity index (χ2n) is 9.07. The van der Waals surface area contributed by atoms with Crippen LogP contribution in [-0.4, -0.2) is 35.7 Å². The molecule has 3 N–H and O–H groups in total. The minimum absolute atomic E-state index is 0.0165. The van der Waals surface area contributed by atoms with E-state index in [2.05, 4.69) is 27.5 Å². The van der Waals surface area contributed by atoms with Crippen molar-refractivity contribution >= 4 is 17.5 Å². The van der Waals surface area contributed by atoms with Crippen LogP contribution in [0.5, 0.6) is 5.75 Å². The molecular weight excluding hydrogens is 534 g/mol. The number of aliphatic imine (C=N–C) groups is 1. The molecule has 0 bridgehead atoms. The van der Waals surface area contributed by atoms with Gasteiger partial charge in [-0.25, -0.2) is 19.2 Å². The minimum Gasteiger partial charge on any atom is -0.494 e. The highest BCUT2D eigenvalue weighted by Gasteiger charge is 2.53. The lowest BCUT2D eigenvalue weighted by Crippen LogP contribution is -2.52. The maximum atomic E-state index is 14.1. The fourth-order valence-corrected chi connectivity index (χ4v) is 4.35. The molecule has 0 unspecified atom stereocenters. The molecule has 0 aliphatic carbocycles. The average Bonchev–Trinajstić information content (AvgIpc) is 3.35. The number of hydrogen-bond donors (Lipinski definition) is 3. The summed E-state index contributed by atoms with van der Waals surface area (Å²) >= 11 is 0. The Balaban J connectivity index is 1.67. The monoisotopic (exact) mass is 562 g/mol. The fourth-order valence-electron chi connectivity index (χ4n) is 4.35. The van der Waals surface area contributed by atoms with E-state index < -0.39 is 29.2 Å². The molecule has 1 heterocycles. The van der Waals surface area contributed by atoms with E-state index in [0.29, 0.717) is 29.9 Å². The Bertz CT molecular complexity index is 1480. The molecule has 0 saturated heterocycles. The van der Waals surface area contributed by atoms with Crippen molar-refractivity contribution in [1.82, 2.24) is 10.9 Å².